The molecule has 3 rings (SSSR count). The number of primary amides is 1. The van der Waals surface area contributed by atoms with Gasteiger partial charge in [-0.3, -0.25) is 4.79 Å². The lowest BCUT2D eigenvalue weighted by molar-refractivity contribution is 0.0999. The van der Waals surface area contributed by atoms with Gasteiger partial charge in [0.05, 0.1) is 0 Å². The molecule has 0 aromatic heterocycles. The first kappa shape index (κ1) is 17.5. The third-order valence-electron chi connectivity index (χ3n) is 3.81. The Kier molecular flexibility index (Phi) is 4.93. The van der Waals surface area contributed by atoms with Crippen LogP contribution in [0, 0.1) is 17.5 Å². The number of hydrogen-bond donors (Lipinski definition) is 1. The van der Waals surface area contributed by atoms with Crippen molar-refractivity contribution in [3.63, 3.8) is 0 Å². The summed E-state index contributed by atoms with van der Waals surface area (Å²) in [6.07, 6.45) is -0.801. The summed E-state index contributed by atoms with van der Waals surface area (Å²) < 4.78 is 46.5. The van der Waals surface area contributed by atoms with Gasteiger partial charge in [0.2, 0.25) is 5.91 Å². The first-order valence-electron chi connectivity index (χ1n) is 7.71. The van der Waals surface area contributed by atoms with Crippen molar-refractivity contribution in [2.45, 2.75) is 6.10 Å². The number of halogens is 3. The molecule has 0 unspecified atom stereocenters. The zero-order valence-electron chi connectivity index (χ0n) is 13.5. The minimum Gasteiger partial charge on any atom is -0.478 e. The predicted octanol–water partition coefficient (Wildman–Crippen LogP) is 4.62. The van der Waals surface area contributed by atoms with Crippen LogP contribution >= 0.6 is 0 Å². The SMILES string of the molecule is NC(=O)c1ccc(OC(c2ccc(F)cc2)c2ccc(F)cc2)c(F)c1.[HH]. The molecule has 0 bridgehead atoms. The van der Waals surface area contributed by atoms with Crippen LogP contribution in [-0.4, -0.2) is 5.91 Å². The zero-order valence-corrected chi connectivity index (χ0v) is 13.5. The van der Waals surface area contributed by atoms with Gasteiger partial charge in [0.15, 0.2) is 11.6 Å². The highest BCUT2D eigenvalue weighted by molar-refractivity contribution is 5.92. The molecule has 0 aliphatic carbocycles. The van der Waals surface area contributed by atoms with E-state index in [1.54, 1.807) is 0 Å². The number of rotatable bonds is 5. The molecule has 3 aromatic carbocycles. The van der Waals surface area contributed by atoms with E-state index in [2.05, 4.69) is 0 Å². The number of carbonyl (C=O) groups is 1. The fourth-order valence-electron chi connectivity index (χ4n) is 2.48. The Hall–Kier alpha value is -3.28. The van der Waals surface area contributed by atoms with Crippen LogP contribution in [0.4, 0.5) is 13.2 Å². The Morgan fingerprint density at radius 2 is 1.35 bits per heavy atom. The summed E-state index contributed by atoms with van der Waals surface area (Å²) in [5.74, 6) is -2.50. The maximum absolute atomic E-state index is 14.3. The van der Waals surface area contributed by atoms with Gasteiger partial charge >= 0.3 is 0 Å². The van der Waals surface area contributed by atoms with Crippen molar-refractivity contribution in [3.8, 4) is 5.75 Å². The molecule has 0 saturated carbocycles. The van der Waals surface area contributed by atoms with Gasteiger partial charge in [-0.1, -0.05) is 24.3 Å². The number of amides is 1. The first-order valence-corrected chi connectivity index (χ1v) is 7.71. The molecule has 0 atom stereocenters. The minimum absolute atomic E-state index is 0. The van der Waals surface area contributed by atoms with Gasteiger partial charge in [-0.25, -0.2) is 13.2 Å². The number of benzene rings is 3. The number of nitrogens with two attached hydrogens (primary N) is 1. The smallest absolute Gasteiger partial charge is 0.248 e. The van der Waals surface area contributed by atoms with E-state index < -0.39 is 29.5 Å². The van der Waals surface area contributed by atoms with Gasteiger partial charge in [0.25, 0.3) is 0 Å². The average molecular weight is 359 g/mol. The Labute approximate surface area is 149 Å². The second-order valence-corrected chi connectivity index (χ2v) is 5.61. The maximum Gasteiger partial charge on any atom is 0.248 e. The van der Waals surface area contributed by atoms with Gasteiger partial charge in [-0.2, -0.15) is 0 Å². The Morgan fingerprint density at radius 1 is 0.846 bits per heavy atom. The quantitative estimate of drug-likeness (QED) is 0.723. The lowest BCUT2D eigenvalue weighted by Gasteiger charge is -2.21. The van der Waals surface area contributed by atoms with Crippen molar-refractivity contribution in [1.29, 1.82) is 0 Å². The van der Waals surface area contributed by atoms with E-state index in [4.69, 9.17) is 10.5 Å². The summed E-state index contributed by atoms with van der Waals surface area (Å²) >= 11 is 0. The van der Waals surface area contributed by atoms with E-state index in [0.29, 0.717) is 11.1 Å². The Morgan fingerprint density at radius 3 is 1.77 bits per heavy atom. The van der Waals surface area contributed by atoms with E-state index >= 15 is 0 Å². The number of carbonyl (C=O) groups excluding carboxylic acids is 1. The molecule has 6 heteroatoms. The van der Waals surface area contributed by atoms with E-state index in [1.807, 2.05) is 0 Å². The predicted molar refractivity (Wildman–Crippen MR) is 92.3 cm³/mol. The van der Waals surface area contributed by atoms with Crippen molar-refractivity contribution < 1.29 is 24.1 Å². The molecule has 0 saturated heterocycles. The van der Waals surface area contributed by atoms with Gasteiger partial charge < -0.3 is 10.5 Å². The zero-order chi connectivity index (χ0) is 18.7. The van der Waals surface area contributed by atoms with Crippen molar-refractivity contribution in [2.75, 3.05) is 0 Å². The van der Waals surface area contributed by atoms with E-state index in [0.717, 1.165) is 6.07 Å². The van der Waals surface area contributed by atoms with Gasteiger partial charge in [0.1, 0.15) is 17.7 Å². The first-order chi connectivity index (χ1) is 12.4. The molecule has 134 valence electrons. The lowest BCUT2D eigenvalue weighted by atomic mass is 10.0. The van der Waals surface area contributed by atoms with Crippen LogP contribution in [0.3, 0.4) is 0 Å². The summed E-state index contributed by atoms with van der Waals surface area (Å²) in [4.78, 5) is 11.1. The largest absolute Gasteiger partial charge is 0.478 e. The summed E-state index contributed by atoms with van der Waals surface area (Å²) in [6.45, 7) is 0. The highest BCUT2D eigenvalue weighted by Gasteiger charge is 2.19. The highest BCUT2D eigenvalue weighted by Crippen LogP contribution is 2.30. The standard InChI is InChI=1S/C20H14F3NO2.H2/c21-15-6-1-12(2-7-15)19(13-3-8-16(22)9-4-13)26-18-10-5-14(20(24)25)11-17(18)23;/h1-11,19H,(H2,24,25);1H. The van der Waals surface area contributed by atoms with Crippen LogP contribution < -0.4 is 10.5 Å². The van der Waals surface area contributed by atoms with E-state index in [9.17, 15) is 18.0 Å². The molecule has 0 heterocycles. The fraction of sp³-hybridized carbons (Fsp3) is 0.0500. The van der Waals surface area contributed by atoms with Gasteiger partial charge in [-0.15, -0.1) is 0 Å². The van der Waals surface area contributed by atoms with Crippen molar-refractivity contribution in [3.05, 3.63) is 101 Å². The molecule has 3 aromatic rings. The van der Waals surface area contributed by atoms with Crippen molar-refractivity contribution in [1.82, 2.24) is 0 Å². The summed E-state index contributed by atoms with van der Waals surface area (Å²) in [5.41, 5.74) is 6.24. The highest BCUT2D eigenvalue weighted by atomic mass is 19.1. The topological polar surface area (TPSA) is 52.3 Å². The molecular formula is C20H16F3NO2. The molecule has 2 N–H and O–H groups in total. The third-order valence-corrected chi connectivity index (χ3v) is 3.81. The second kappa shape index (κ2) is 7.31. The van der Waals surface area contributed by atoms with Crippen LogP contribution in [0.1, 0.15) is 29.0 Å². The van der Waals surface area contributed by atoms with Crippen LogP contribution in [0.5, 0.6) is 5.75 Å². The monoisotopic (exact) mass is 359 g/mol. The minimum atomic E-state index is -0.801. The molecule has 26 heavy (non-hydrogen) atoms. The molecule has 0 spiro atoms. The number of ether oxygens (including phenoxy) is 1. The molecule has 0 fully saturated rings. The average Bonchev–Trinajstić information content (AvgIpc) is 2.62. The maximum atomic E-state index is 14.3. The van der Waals surface area contributed by atoms with Crippen LogP contribution in [0.25, 0.3) is 0 Å². The number of hydrogen-bond acceptors (Lipinski definition) is 2. The van der Waals surface area contributed by atoms with Gasteiger partial charge in [0, 0.05) is 6.99 Å². The Balaban J connectivity index is 0.00000261. The third kappa shape index (κ3) is 3.85. The molecule has 0 radical (unpaired) electrons. The van der Waals surface area contributed by atoms with Crippen LogP contribution in [-0.2, 0) is 0 Å². The van der Waals surface area contributed by atoms with Crippen LogP contribution in [0.15, 0.2) is 66.7 Å². The molecule has 1 amide bonds. The molecule has 3 nitrogen and oxygen atoms in total. The van der Waals surface area contributed by atoms with Crippen molar-refractivity contribution >= 4 is 5.91 Å². The van der Waals surface area contributed by atoms with Gasteiger partial charge in [-0.05, 0) is 53.6 Å². The second-order valence-electron chi connectivity index (χ2n) is 5.61. The molecule has 0 aliphatic heterocycles. The lowest BCUT2D eigenvalue weighted by Crippen LogP contribution is -2.13. The Bertz CT molecular complexity index is 885. The summed E-state index contributed by atoms with van der Waals surface area (Å²) in [7, 11) is 0. The molecule has 0 aliphatic rings. The summed E-state index contributed by atoms with van der Waals surface area (Å²) in [6, 6.07) is 14.6. The summed E-state index contributed by atoms with van der Waals surface area (Å²) in [5, 5.41) is 0. The van der Waals surface area contributed by atoms with E-state index in [1.165, 1.54) is 60.7 Å². The van der Waals surface area contributed by atoms with Crippen LogP contribution in [0.2, 0.25) is 0 Å². The molecular weight excluding hydrogens is 343 g/mol. The van der Waals surface area contributed by atoms with Crippen molar-refractivity contribution in [2.24, 2.45) is 5.73 Å². The van der Waals surface area contributed by atoms with E-state index in [-0.39, 0.29) is 12.7 Å². The fourth-order valence-corrected chi connectivity index (χ4v) is 2.48. The normalized spacial score (nSPS) is 10.8.